The van der Waals surface area contributed by atoms with E-state index in [9.17, 15) is 0 Å². The summed E-state index contributed by atoms with van der Waals surface area (Å²) in [4.78, 5) is 0. The third kappa shape index (κ3) is 3.86. The minimum atomic E-state index is 0.842. The quantitative estimate of drug-likeness (QED) is 0.189. The second-order valence-electron chi connectivity index (χ2n) is 13.7. The number of hydrogen-bond donors (Lipinski definition) is 0. The van der Waals surface area contributed by atoms with Crippen LogP contribution in [0, 0.1) is 0 Å². The molecule has 4 heteroatoms. The average Bonchev–Trinajstić information content (AvgIpc) is 3.95. The van der Waals surface area contributed by atoms with Gasteiger partial charge < -0.3 is 17.8 Å². The van der Waals surface area contributed by atoms with Gasteiger partial charge in [-0.05, 0) is 101 Å². The largest absolute Gasteiger partial charge is 0.456 e. The van der Waals surface area contributed by atoms with Gasteiger partial charge in [-0.2, -0.15) is 0 Å². The van der Waals surface area contributed by atoms with E-state index in [1.54, 1.807) is 0 Å². The summed E-state index contributed by atoms with van der Waals surface area (Å²) in [6.45, 7) is 0. The van der Waals surface area contributed by atoms with Crippen LogP contribution in [0.15, 0.2) is 177 Å². The molecule has 12 aromatic rings. The van der Waals surface area contributed by atoms with Crippen molar-refractivity contribution in [3.8, 4) is 27.9 Å². The summed E-state index contributed by atoms with van der Waals surface area (Å²) in [6, 6.07) is 57.7. The first kappa shape index (κ1) is 27.7. The van der Waals surface area contributed by atoms with E-state index in [2.05, 4.69) is 150 Å². The number of fused-ring (bicyclic) bond motifs is 13. The fraction of sp³-hybridized carbons (Fsp3) is 0. The minimum Gasteiger partial charge on any atom is -0.456 e. The van der Waals surface area contributed by atoms with Gasteiger partial charge in [0.05, 0.1) is 11.0 Å². The molecule has 4 aromatic heterocycles. The fourth-order valence-electron chi connectivity index (χ4n) is 8.41. The summed E-state index contributed by atoms with van der Waals surface area (Å²) in [6.07, 6.45) is 0. The maximum absolute atomic E-state index is 6.50. The molecule has 0 aliphatic heterocycles. The summed E-state index contributed by atoms with van der Waals surface area (Å²) in [7, 11) is 0. The Morgan fingerprint density at radius 3 is 1.31 bits per heavy atom. The summed E-state index contributed by atoms with van der Waals surface area (Å²) < 4.78 is 21.6. The Bertz CT molecular complexity index is 3360. The van der Waals surface area contributed by atoms with Crippen molar-refractivity contribution in [2.24, 2.45) is 0 Å². The van der Waals surface area contributed by atoms with E-state index in [-0.39, 0.29) is 0 Å². The molecule has 0 amide bonds. The van der Waals surface area contributed by atoms with Crippen molar-refractivity contribution in [1.82, 2.24) is 4.57 Å². The molecule has 0 saturated carbocycles. The molecule has 0 atom stereocenters. The van der Waals surface area contributed by atoms with Crippen LogP contribution >= 0.6 is 0 Å². The Morgan fingerprint density at radius 2 is 0.712 bits per heavy atom. The highest BCUT2D eigenvalue weighted by atomic mass is 16.3. The molecule has 0 aliphatic carbocycles. The zero-order chi connectivity index (χ0) is 33.9. The molecule has 0 saturated heterocycles. The number of aromatic nitrogens is 1. The van der Waals surface area contributed by atoms with Crippen molar-refractivity contribution in [2.75, 3.05) is 0 Å². The van der Waals surface area contributed by atoms with E-state index in [4.69, 9.17) is 13.3 Å². The molecule has 0 unspecified atom stereocenters. The van der Waals surface area contributed by atoms with Gasteiger partial charge in [0, 0.05) is 48.8 Å². The molecule has 0 bridgehead atoms. The van der Waals surface area contributed by atoms with E-state index in [0.717, 1.165) is 82.6 Å². The van der Waals surface area contributed by atoms with Gasteiger partial charge in [-0.15, -0.1) is 0 Å². The highest BCUT2D eigenvalue weighted by Gasteiger charge is 2.19. The molecule has 4 nitrogen and oxygen atoms in total. The lowest BCUT2D eigenvalue weighted by Gasteiger charge is -2.08. The minimum absolute atomic E-state index is 0.842. The predicted octanol–water partition coefficient (Wildman–Crippen LogP) is 13.8. The van der Waals surface area contributed by atoms with Crippen LogP contribution in [-0.2, 0) is 0 Å². The van der Waals surface area contributed by atoms with Gasteiger partial charge in [0.1, 0.15) is 33.5 Å². The van der Waals surface area contributed by atoms with Crippen LogP contribution in [-0.4, -0.2) is 4.57 Å². The summed E-state index contributed by atoms with van der Waals surface area (Å²) in [5.41, 5.74) is 13.2. The van der Waals surface area contributed by atoms with E-state index in [1.165, 1.54) is 32.9 Å². The van der Waals surface area contributed by atoms with Gasteiger partial charge >= 0.3 is 0 Å². The average molecular weight is 666 g/mol. The Kier molecular flexibility index (Phi) is 5.47. The van der Waals surface area contributed by atoms with Crippen LogP contribution in [0.2, 0.25) is 0 Å². The van der Waals surface area contributed by atoms with E-state index in [1.807, 2.05) is 18.2 Å². The SMILES string of the molecule is c1ccc(-c2ccc3oc4ccc(-c5ccc6oc7ccc8oc9ccc(-n%10c%11ccccc%11c%11ccccc%11%10)cc9c8c7c6c5)cc4c3c2)cc1. The van der Waals surface area contributed by atoms with Crippen molar-refractivity contribution in [3.63, 3.8) is 0 Å². The van der Waals surface area contributed by atoms with Crippen LogP contribution in [0.5, 0.6) is 0 Å². The lowest BCUT2D eigenvalue weighted by atomic mass is 9.98. The summed E-state index contributed by atoms with van der Waals surface area (Å²) in [5, 5.41) is 8.95. The Labute approximate surface area is 296 Å². The Hall–Kier alpha value is -7.04. The first-order chi connectivity index (χ1) is 25.7. The van der Waals surface area contributed by atoms with Crippen molar-refractivity contribution in [3.05, 3.63) is 164 Å². The van der Waals surface area contributed by atoms with Crippen molar-refractivity contribution >= 4 is 87.6 Å². The molecule has 0 aliphatic rings. The van der Waals surface area contributed by atoms with Gasteiger partial charge in [0.2, 0.25) is 0 Å². The molecule has 0 spiro atoms. The summed E-state index contributed by atoms with van der Waals surface area (Å²) >= 11 is 0. The highest BCUT2D eigenvalue weighted by Crippen LogP contribution is 2.43. The lowest BCUT2D eigenvalue weighted by molar-refractivity contribution is 0.663. The Morgan fingerprint density at radius 1 is 0.288 bits per heavy atom. The normalized spacial score (nSPS) is 12.2. The molecule has 4 heterocycles. The first-order valence-corrected chi connectivity index (χ1v) is 17.6. The second kappa shape index (κ2) is 10.3. The van der Waals surface area contributed by atoms with Gasteiger partial charge in [0.15, 0.2) is 0 Å². The molecular weight excluding hydrogens is 639 g/mol. The maximum Gasteiger partial charge on any atom is 0.136 e. The van der Waals surface area contributed by atoms with Gasteiger partial charge in [-0.25, -0.2) is 0 Å². The van der Waals surface area contributed by atoms with Crippen molar-refractivity contribution in [1.29, 1.82) is 0 Å². The fourth-order valence-corrected chi connectivity index (χ4v) is 8.41. The van der Waals surface area contributed by atoms with Gasteiger partial charge in [0.25, 0.3) is 0 Å². The lowest BCUT2D eigenvalue weighted by Crippen LogP contribution is -1.93. The third-order valence-electron chi connectivity index (χ3n) is 10.8. The highest BCUT2D eigenvalue weighted by molar-refractivity contribution is 6.26. The molecule has 0 radical (unpaired) electrons. The Balaban J connectivity index is 1.06. The number of nitrogens with zero attached hydrogens (tertiary/aromatic N) is 1. The molecule has 52 heavy (non-hydrogen) atoms. The number of para-hydroxylation sites is 2. The standard InChI is InChI=1S/C48H27NO3/c1-2-8-28(9-3-1)29-14-18-41-35(24-29)36-25-30(15-19-42(36)50-41)31-16-20-43-37(26-31)47-45(51-43)22-23-46-48(47)38-27-32(17-21-44(38)52-46)49-39-12-6-4-10-33(39)34-11-5-7-13-40(34)49/h1-27H. The van der Waals surface area contributed by atoms with Crippen LogP contribution < -0.4 is 0 Å². The van der Waals surface area contributed by atoms with E-state index < -0.39 is 0 Å². The zero-order valence-corrected chi connectivity index (χ0v) is 27.8. The van der Waals surface area contributed by atoms with Crippen LogP contribution in [0.25, 0.3) is 116 Å². The molecule has 242 valence electrons. The first-order valence-electron chi connectivity index (χ1n) is 17.6. The van der Waals surface area contributed by atoms with Gasteiger partial charge in [-0.1, -0.05) is 84.9 Å². The molecular formula is C48H27NO3. The second-order valence-corrected chi connectivity index (χ2v) is 13.7. The van der Waals surface area contributed by atoms with Crippen molar-refractivity contribution in [2.45, 2.75) is 0 Å². The molecule has 0 N–H and O–H groups in total. The predicted molar refractivity (Wildman–Crippen MR) is 213 cm³/mol. The molecule has 8 aromatic carbocycles. The van der Waals surface area contributed by atoms with Gasteiger partial charge in [-0.3, -0.25) is 0 Å². The van der Waals surface area contributed by atoms with Crippen LogP contribution in [0.4, 0.5) is 0 Å². The molecule has 12 rings (SSSR count). The van der Waals surface area contributed by atoms with E-state index in [0.29, 0.717) is 0 Å². The smallest absolute Gasteiger partial charge is 0.136 e. The number of rotatable bonds is 3. The number of benzene rings is 8. The maximum atomic E-state index is 6.50. The molecule has 0 fully saturated rings. The third-order valence-corrected chi connectivity index (χ3v) is 10.8. The van der Waals surface area contributed by atoms with E-state index >= 15 is 0 Å². The number of hydrogen-bond acceptors (Lipinski definition) is 3. The van der Waals surface area contributed by atoms with Crippen molar-refractivity contribution < 1.29 is 13.3 Å². The number of furan rings is 3. The van der Waals surface area contributed by atoms with Crippen LogP contribution in [0.1, 0.15) is 0 Å². The monoisotopic (exact) mass is 665 g/mol. The topological polar surface area (TPSA) is 44.4 Å². The summed E-state index contributed by atoms with van der Waals surface area (Å²) in [5.74, 6) is 0. The van der Waals surface area contributed by atoms with Crippen LogP contribution in [0.3, 0.4) is 0 Å². The zero-order valence-electron chi connectivity index (χ0n) is 27.8.